The summed E-state index contributed by atoms with van der Waals surface area (Å²) in [7, 11) is 0. The Morgan fingerprint density at radius 1 is 1.67 bits per heavy atom. The van der Waals surface area contributed by atoms with E-state index in [0.29, 0.717) is 0 Å². The van der Waals surface area contributed by atoms with Crippen LogP contribution in [-0.4, -0.2) is 16.9 Å². The standard InChI is InChI=1S/C9H11N3O3/c1-9(2,3)14-8(13)11-7-4-6(5-10)12-15-7/h4H,1-3H3,(H,11,13). The van der Waals surface area contributed by atoms with Gasteiger partial charge in [-0.05, 0) is 20.8 Å². The van der Waals surface area contributed by atoms with Gasteiger partial charge in [0.25, 0.3) is 0 Å². The van der Waals surface area contributed by atoms with E-state index in [9.17, 15) is 4.79 Å². The first-order valence-corrected chi connectivity index (χ1v) is 4.27. The van der Waals surface area contributed by atoms with Crippen LogP contribution < -0.4 is 5.32 Å². The van der Waals surface area contributed by atoms with Crippen LogP contribution in [0.15, 0.2) is 10.6 Å². The minimum atomic E-state index is -0.650. The molecule has 0 aliphatic heterocycles. The molecule has 6 nitrogen and oxygen atoms in total. The number of nitrogens with zero attached hydrogens (tertiary/aromatic N) is 2. The average molecular weight is 209 g/mol. The van der Waals surface area contributed by atoms with Crippen molar-refractivity contribution in [3.05, 3.63) is 11.8 Å². The first-order valence-electron chi connectivity index (χ1n) is 4.27. The molecule has 0 aliphatic rings. The summed E-state index contributed by atoms with van der Waals surface area (Å²) in [6, 6.07) is 3.08. The van der Waals surface area contributed by atoms with E-state index < -0.39 is 11.7 Å². The molecular weight excluding hydrogens is 198 g/mol. The molecule has 0 atom stereocenters. The van der Waals surface area contributed by atoms with Gasteiger partial charge in [0.05, 0.1) is 0 Å². The molecule has 6 heteroatoms. The molecule has 1 aromatic rings. The third-order valence-electron chi connectivity index (χ3n) is 1.25. The van der Waals surface area contributed by atoms with E-state index in [1.165, 1.54) is 6.07 Å². The number of nitriles is 1. The molecule has 0 unspecified atom stereocenters. The fourth-order valence-corrected chi connectivity index (χ4v) is 0.791. The zero-order valence-corrected chi connectivity index (χ0v) is 8.70. The summed E-state index contributed by atoms with van der Waals surface area (Å²) in [5, 5.41) is 14.1. The highest BCUT2D eigenvalue weighted by Gasteiger charge is 2.17. The third kappa shape index (κ3) is 3.68. The number of ether oxygens (including phenoxy) is 1. The molecule has 0 radical (unpaired) electrons. The van der Waals surface area contributed by atoms with E-state index >= 15 is 0 Å². The second-order valence-electron chi connectivity index (χ2n) is 3.82. The zero-order chi connectivity index (χ0) is 11.5. The molecule has 0 aliphatic carbocycles. The van der Waals surface area contributed by atoms with E-state index in [2.05, 4.69) is 15.0 Å². The van der Waals surface area contributed by atoms with Crippen molar-refractivity contribution < 1.29 is 14.1 Å². The maximum atomic E-state index is 11.2. The number of carbonyl (C=O) groups excluding carboxylic acids is 1. The normalized spacial score (nSPS) is 10.5. The van der Waals surface area contributed by atoms with Crippen LogP contribution in [0, 0.1) is 11.3 Å². The number of amides is 1. The Balaban J connectivity index is 2.56. The molecule has 15 heavy (non-hydrogen) atoms. The van der Waals surface area contributed by atoms with Crippen LogP contribution in [0.4, 0.5) is 10.7 Å². The van der Waals surface area contributed by atoms with E-state index in [0.717, 1.165) is 0 Å². The van der Waals surface area contributed by atoms with Crippen LogP contribution in [0.1, 0.15) is 26.5 Å². The summed E-state index contributed by atoms with van der Waals surface area (Å²) in [6.07, 6.45) is -0.650. The minimum absolute atomic E-state index is 0.0841. The van der Waals surface area contributed by atoms with Crippen molar-refractivity contribution in [3.63, 3.8) is 0 Å². The van der Waals surface area contributed by atoms with Crippen LogP contribution in [0.2, 0.25) is 0 Å². The number of anilines is 1. The molecule has 0 saturated heterocycles. The number of aromatic nitrogens is 1. The summed E-state index contributed by atoms with van der Waals surface area (Å²) in [4.78, 5) is 11.2. The van der Waals surface area contributed by atoms with Crippen molar-refractivity contribution in [3.8, 4) is 6.07 Å². The number of hydrogen-bond acceptors (Lipinski definition) is 5. The number of nitrogens with one attached hydrogen (secondary N) is 1. The fourth-order valence-electron chi connectivity index (χ4n) is 0.791. The van der Waals surface area contributed by atoms with Gasteiger partial charge in [-0.3, -0.25) is 5.32 Å². The van der Waals surface area contributed by atoms with Crippen LogP contribution in [0.5, 0.6) is 0 Å². The predicted octanol–water partition coefficient (Wildman–Crippen LogP) is 1.89. The summed E-state index contributed by atoms with van der Waals surface area (Å²) < 4.78 is 9.62. The van der Waals surface area contributed by atoms with Gasteiger partial charge in [0.1, 0.15) is 11.7 Å². The predicted molar refractivity (Wildman–Crippen MR) is 51.1 cm³/mol. The van der Waals surface area contributed by atoms with Crippen molar-refractivity contribution in [2.75, 3.05) is 5.32 Å². The Hall–Kier alpha value is -2.03. The summed E-state index contributed by atoms with van der Waals surface area (Å²) >= 11 is 0. The third-order valence-corrected chi connectivity index (χ3v) is 1.25. The zero-order valence-electron chi connectivity index (χ0n) is 8.70. The lowest BCUT2D eigenvalue weighted by molar-refractivity contribution is 0.0631. The minimum Gasteiger partial charge on any atom is -0.444 e. The molecule has 1 rings (SSSR count). The van der Waals surface area contributed by atoms with Crippen molar-refractivity contribution in [2.24, 2.45) is 0 Å². The Morgan fingerprint density at radius 3 is 2.80 bits per heavy atom. The molecule has 0 aromatic carbocycles. The van der Waals surface area contributed by atoms with E-state index in [4.69, 9.17) is 10.00 Å². The fraction of sp³-hybridized carbons (Fsp3) is 0.444. The second-order valence-corrected chi connectivity index (χ2v) is 3.82. The second kappa shape index (κ2) is 4.00. The molecule has 1 N–H and O–H groups in total. The van der Waals surface area contributed by atoms with Gasteiger partial charge in [-0.1, -0.05) is 5.16 Å². The van der Waals surface area contributed by atoms with Crippen molar-refractivity contribution in [2.45, 2.75) is 26.4 Å². The molecule has 0 saturated carbocycles. The Labute approximate surface area is 86.8 Å². The molecule has 0 bridgehead atoms. The van der Waals surface area contributed by atoms with Crippen LogP contribution in [-0.2, 0) is 4.74 Å². The molecular formula is C9H11N3O3. The molecule has 1 heterocycles. The maximum Gasteiger partial charge on any atom is 0.414 e. The highest BCUT2D eigenvalue weighted by atomic mass is 16.6. The van der Waals surface area contributed by atoms with Gasteiger partial charge in [0.2, 0.25) is 5.88 Å². The highest BCUT2D eigenvalue weighted by molar-refractivity contribution is 5.83. The summed E-state index contributed by atoms with van der Waals surface area (Å²) in [5.41, 5.74) is -0.483. The average Bonchev–Trinajstić information content (AvgIpc) is 2.48. The van der Waals surface area contributed by atoms with Gasteiger partial charge < -0.3 is 9.26 Å². The first kappa shape index (κ1) is 11.0. The monoisotopic (exact) mass is 209 g/mol. The van der Waals surface area contributed by atoms with Crippen LogP contribution >= 0.6 is 0 Å². The first-order chi connectivity index (χ1) is 6.90. The molecule has 80 valence electrons. The van der Waals surface area contributed by atoms with E-state index in [-0.39, 0.29) is 11.6 Å². The number of carbonyl (C=O) groups is 1. The van der Waals surface area contributed by atoms with Gasteiger partial charge >= 0.3 is 6.09 Å². The number of rotatable bonds is 1. The van der Waals surface area contributed by atoms with Crippen molar-refractivity contribution in [1.82, 2.24) is 5.16 Å². The summed E-state index contributed by atoms with van der Waals surface area (Å²) in [5.74, 6) is 0.0841. The SMILES string of the molecule is CC(C)(C)OC(=O)Nc1cc(C#N)no1. The Bertz CT molecular complexity index is 397. The topological polar surface area (TPSA) is 88.1 Å². The molecule has 0 spiro atoms. The summed E-state index contributed by atoms with van der Waals surface area (Å²) in [6.45, 7) is 5.23. The Morgan fingerprint density at radius 2 is 2.33 bits per heavy atom. The van der Waals surface area contributed by atoms with Crippen LogP contribution in [0.25, 0.3) is 0 Å². The van der Waals surface area contributed by atoms with E-state index in [1.54, 1.807) is 26.8 Å². The van der Waals surface area contributed by atoms with Gasteiger partial charge in [0.15, 0.2) is 5.69 Å². The molecule has 1 amide bonds. The lowest BCUT2D eigenvalue weighted by atomic mass is 10.2. The van der Waals surface area contributed by atoms with Crippen LogP contribution in [0.3, 0.4) is 0 Å². The maximum absolute atomic E-state index is 11.2. The van der Waals surface area contributed by atoms with Gasteiger partial charge in [-0.15, -0.1) is 0 Å². The van der Waals surface area contributed by atoms with E-state index in [1.807, 2.05) is 0 Å². The molecule has 0 fully saturated rings. The Kier molecular flexibility index (Phi) is 2.95. The molecule has 1 aromatic heterocycles. The largest absolute Gasteiger partial charge is 0.444 e. The smallest absolute Gasteiger partial charge is 0.414 e. The van der Waals surface area contributed by atoms with Gasteiger partial charge in [-0.2, -0.15) is 5.26 Å². The lowest BCUT2D eigenvalue weighted by Crippen LogP contribution is -2.27. The number of hydrogen-bond donors (Lipinski definition) is 1. The quantitative estimate of drug-likeness (QED) is 0.762. The van der Waals surface area contributed by atoms with Gasteiger partial charge in [-0.25, -0.2) is 4.79 Å². The van der Waals surface area contributed by atoms with Crippen molar-refractivity contribution >= 4 is 12.0 Å². The lowest BCUT2D eigenvalue weighted by Gasteiger charge is -2.18. The van der Waals surface area contributed by atoms with Gasteiger partial charge in [0, 0.05) is 6.07 Å². The highest BCUT2D eigenvalue weighted by Crippen LogP contribution is 2.12. The van der Waals surface area contributed by atoms with Crippen molar-refractivity contribution in [1.29, 1.82) is 5.26 Å².